The minimum atomic E-state index is 0.00944. The maximum absolute atomic E-state index is 6.37. The molecule has 3 heteroatoms. The first-order valence-electron chi connectivity index (χ1n) is 6.66. The molecule has 2 aromatic rings. The summed E-state index contributed by atoms with van der Waals surface area (Å²) < 4.78 is 6.30. The average molecular weight is 334 g/mol. The quantitative estimate of drug-likeness (QED) is 0.904. The molecule has 106 valence electrons. The lowest BCUT2D eigenvalue weighted by molar-refractivity contribution is 0.414. The predicted molar refractivity (Wildman–Crippen MR) is 87.2 cm³/mol. The summed E-state index contributed by atoms with van der Waals surface area (Å²) in [5, 5.41) is 0. The standard InChI is InChI=1S/C17H20BrNO/c1-11-9-16(18)12(2)8-15(11)17(19)10-13-4-6-14(20-3)7-5-13/h4-9,17H,10,19H2,1-3H3. The SMILES string of the molecule is COc1ccc(CC(N)c2cc(C)c(Br)cc2C)cc1. The van der Waals surface area contributed by atoms with E-state index in [1.807, 2.05) is 12.1 Å². The molecule has 0 heterocycles. The molecule has 1 atom stereocenters. The second-order valence-electron chi connectivity index (χ2n) is 5.12. The van der Waals surface area contributed by atoms with Gasteiger partial charge in [-0.2, -0.15) is 0 Å². The molecule has 20 heavy (non-hydrogen) atoms. The Morgan fingerprint density at radius 1 is 1.10 bits per heavy atom. The first kappa shape index (κ1) is 15.1. The van der Waals surface area contributed by atoms with Gasteiger partial charge < -0.3 is 10.5 Å². The van der Waals surface area contributed by atoms with E-state index in [-0.39, 0.29) is 6.04 Å². The number of aryl methyl sites for hydroxylation is 2. The molecule has 0 aliphatic heterocycles. The van der Waals surface area contributed by atoms with Gasteiger partial charge in [0.15, 0.2) is 0 Å². The van der Waals surface area contributed by atoms with Gasteiger partial charge >= 0.3 is 0 Å². The highest BCUT2D eigenvalue weighted by Crippen LogP contribution is 2.26. The van der Waals surface area contributed by atoms with E-state index >= 15 is 0 Å². The smallest absolute Gasteiger partial charge is 0.118 e. The van der Waals surface area contributed by atoms with E-state index in [4.69, 9.17) is 10.5 Å². The molecule has 2 nitrogen and oxygen atoms in total. The zero-order chi connectivity index (χ0) is 14.7. The van der Waals surface area contributed by atoms with E-state index in [9.17, 15) is 0 Å². The van der Waals surface area contributed by atoms with Gasteiger partial charge in [0.2, 0.25) is 0 Å². The van der Waals surface area contributed by atoms with Crippen LogP contribution in [0.3, 0.4) is 0 Å². The Labute approximate surface area is 129 Å². The van der Waals surface area contributed by atoms with Crippen molar-refractivity contribution < 1.29 is 4.74 Å². The number of ether oxygens (including phenoxy) is 1. The Balaban J connectivity index is 2.18. The molecule has 2 aromatic carbocycles. The van der Waals surface area contributed by atoms with Crippen LogP contribution in [-0.2, 0) is 6.42 Å². The average Bonchev–Trinajstić information content (AvgIpc) is 2.43. The first-order chi connectivity index (χ1) is 9.51. The highest BCUT2D eigenvalue weighted by Gasteiger charge is 2.11. The van der Waals surface area contributed by atoms with Crippen molar-refractivity contribution in [3.8, 4) is 5.75 Å². The highest BCUT2D eigenvalue weighted by molar-refractivity contribution is 9.10. The number of hydrogen-bond acceptors (Lipinski definition) is 2. The number of halogens is 1. The Hall–Kier alpha value is -1.32. The molecule has 2 N–H and O–H groups in total. The molecular formula is C17H20BrNO. The molecule has 0 saturated heterocycles. The zero-order valence-corrected chi connectivity index (χ0v) is 13.7. The van der Waals surface area contributed by atoms with Crippen LogP contribution in [0.2, 0.25) is 0 Å². The lowest BCUT2D eigenvalue weighted by atomic mass is 9.94. The second kappa shape index (κ2) is 6.42. The summed E-state index contributed by atoms with van der Waals surface area (Å²) in [7, 11) is 1.68. The molecule has 0 radical (unpaired) electrons. The van der Waals surface area contributed by atoms with Crippen LogP contribution >= 0.6 is 15.9 Å². The van der Waals surface area contributed by atoms with Crippen LogP contribution in [0, 0.1) is 13.8 Å². The number of hydrogen-bond donors (Lipinski definition) is 1. The predicted octanol–water partition coefficient (Wildman–Crippen LogP) is 4.32. The second-order valence-corrected chi connectivity index (χ2v) is 5.97. The van der Waals surface area contributed by atoms with Crippen LogP contribution in [0.4, 0.5) is 0 Å². The molecule has 0 saturated carbocycles. The van der Waals surface area contributed by atoms with Gasteiger partial charge in [0.05, 0.1) is 7.11 Å². The fraction of sp³-hybridized carbons (Fsp3) is 0.294. The number of benzene rings is 2. The highest BCUT2D eigenvalue weighted by atomic mass is 79.9. The number of methoxy groups -OCH3 is 1. The van der Waals surface area contributed by atoms with Crippen molar-refractivity contribution in [2.75, 3.05) is 7.11 Å². The maximum atomic E-state index is 6.37. The Kier molecular flexibility index (Phi) is 4.84. The molecular weight excluding hydrogens is 314 g/mol. The Morgan fingerprint density at radius 3 is 2.35 bits per heavy atom. The summed E-state index contributed by atoms with van der Waals surface area (Å²) in [5.74, 6) is 0.873. The topological polar surface area (TPSA) is 35.2 Å². The first-order valence-corrected chi connectivity index (χ1v) is 7.45. The molecule has 0 aliphatic rings. The molecule has 0 amide bonds. The summed E-state index contributed by atoms with van der Waals surface area (Å²) in [6, 6.07) is 12.4. The Morgan fingerprint density at radius 2 is 1.75 bits per heavy atom. The van der Waals surface area contributed by atoms with Gasteiger partial charge in [-0.25, -0.2) is 0 Å². The third-order valence-corrected chi connectivity index (χ3v) is 4.42. The Bertz CT molecular complexity index is 593. The summed E-state index contributed by atoms with van der Waals surface area (Å²) in [6.45, 7) is 4.19. The minimum Gasteiger partial charge on any atom is -0.497 e. The van der Waals surface area contributed by atoms with E-state index < -0.39 is 0 Å². The summed E-state index contributed by atoms with van der Waals surface area (Å²) in [6.07, 6.45) is 0.825. The van der Waals surface area contributed by atoms with Crippen LogP contribution in [0.5, 0.6) is 5.75 Å². The van der Waals surface area contributed by atoms with Crippen molar-refractivity contribution in [3.63, 3.8) is 0 Å². The largest absolute Gasteiger partial charge is 0.497 e. The van der Waals surface area contributed by atoms with Crippen molar-refractivity contribution in [3.05, 3.63) is 63.1 Å². The van der Waals surface area contributed by atoms with Crippen LogP contribution < -0.4 is 10.5 Å². The lowest BCUT2D eigenvalue weighted by Crippen LogP contribution is -2.15. The molecule has 0 fully saturated rings. The minimum absolute atomic E-state index is 0.00944. The number of nitrogens with two attached hydrogens (primary N) is 1. The lowest BCUT2D eigenvalue weighted by Gasteiger charge is -2.17. The van der Waals surface area contributed by atoms with Gasteiger partial charge in [0.25, 0.3) is 0 Å². The summed E-state index contributed by atoms with van der Waals surface area (Å²) in [5.41, 5.74) is 11.2. The van der Waals surface area contributed by atoms with Crippen LogP contribution in [0.15, 0.2) is 40.9 Å². The van der Waals surface area contributed by atoms with Gasteiger partial charge in [-0.05, 0) is 60.7 Å². The maximum Gasteiger partial charge on any atom is 0.118 e. The van der Waals surface area contributed by atoms with Crippen LogP contribution in [0.25, 0.3) is 0 Å². The van der Waals surface area contributed by atoms with Gasteiger partial charge in [-0.1, -0.05) is 34.1 Å². The van der Waals surface area contributed by atoms with E-state index in [0.717, 1.165) is 16.6 Å². The van der Waals surface area contributed by atoms with Gasteiger partial charge in [0, 0.05) is 10.5 Å². The van der Waals surface area contributed by atoms with Gasteiger partial charge in [0.1, 0.15) is 5.75 Å². The van der Waals surface area contributed by atoms with E-state index in [1.165, 1.54) is 22.3 Å². The van der Waals surface area contributed by atoms with E-state index in [0.29, 0.717) is 0 Å². The van der Waals surface area contributed by atoms with Crippen molar-refractivity contribution in [1.29, 1.82) is 0 Å². The fourth-order valence-electron chi connectivity index (χ4n) is 2.33. The molecule has 0 aliphatic carbocycles. The molecule has 2 rings (SSSR count). The monoisotopic (exact) mass is 333 g/mol. The normalized spacial score (nSPS) is 12.2. The molecule has 0 bridgehead atoms. The third-order valence-electron chi connectivity index (χ3n) is 3.56. The van der Waals surface area contributed by atoms with Gasteiger partial charge in [-0.15, -0.1) is 0 Å². The van der Waals surface area contributed by atoms with Crippen molar-refractivity contribution in [2.45, 2.75) is 26.3 Å². The molecule has 1 unspecified atom stereocenters. The van der Waals surface area contributed by atoms with Crippen molar-refractivity contribution in [2.24, 2.45) is 5.73 Å². The van der Waals surface area contributed by atoms with Crippen molar-refractivity contribution >= 4 is 15.9 Å². The zero-order valence-electron chi connectivity index (χ0n) is 12.1. The molecule has 0 spiro atoms. The van der Waals surface area contributed by atoms with Crippen LogP contribution in [-0.4, -0.2) is 7.11 Å². The molecule has 0 aromatic heterocycles. The summed E-state index contributed by atoms with van der Waals surface area (Å²) in [4.78, 5) is 0. The third kappa shape index (κ3) is 3.41. The van der Waals surface area contributed by atoms with Crippen molar-refractivity contribution in [1.82, 2.24) is 0 Å². The van der Waals surface area contributed by atoms with E-state index in [2.05, 4.69) is 54.0 Å². The number of rotatable bonds is 4. The van der Waals surface area contributed by atoms with Crippen LogP contribution in [0.1, 0.15) is 28.3 Å². The van der Waals surface area contributed by atoms with E-state index in [1.54, 1.807) is 7.11 Å². The fourth-order valence-corrected chi connectivity index (χ4v) is 2.79. The van der Waals surface area contributed by atoms with Gasteiger partial charge in [-0.3, -0.25) is 0 Å². The summed E-state index contributed by atoms with van der Waals surface area (Å²) >= 11 is 3.56.